The lowest BCUT2D eigenvalue weighted by atomic mass is 9.78. The largest absolute Gasteiger partial charge is 0.364 e. The minimum Gasteiger partial charge on any atom is -0.364 e. The summed E-state index contributed by atoms with van der Waals surface area (Å²) in [6.45, 7) is 16.4. The molecular weight excluding hydrogens is 484 g/mol. The van der Waals surface area contributed by atoms with E-state index in [9.17, 15) is 0 Å². The molecule has 0 saturated carbocycles. The molecule has 40 heavy (non-hydrogen) atoms. The first-order valence-electron chi connectivity index (χ1n) is 15.3. The van der Waals surface area contributed by atoms with Gasteiger partial charge in [0.25, 0.3) is 0 Å². The molecule has 6 rings (SSSR count). The van der Waals surface area contributed by atoms with Gasteiger partial charge in [-0.1, -0.05) is 121 Å². The topological polar surface area (TPSA) is 6.48 Å². The van der Waals surface area contributed by atoms with E-state index in [2.05, 4.69) is 142 Å². The van der Waals surface area contributed by atoms with Gasteiger partial charge in [-0.25, -0.2) is 0 Å². The van der Waals surface area contributed by atoms with Gasteiger partial charge in [-0.15, -0.1) is 0 Å². The number of rotatable bonds is 7. The molecule has 0 fully saturated rings. The van der Waals surface area contributed by atoms with Gasteiger partial charge in [0.15, 0.2) is 0 Å². The lowest BCUT2D eigenvalue weighted by Crippen LogP contribution is -2.40. The van der Waals surface area contributed by atoms with Gasteiger partial charge in [0.2, 0.25) is 0 Å². The van der Waals surface area contributed by atoms with Gasteiger partial charge < -0.3 is 9.80 Å². The molecule has 1 atom stereocenters. The summed E-state index contributed by atoms with van der Waals surface area (Å²) in [6, 6.07) is 27.4. The SMILES string of the molecule is CCCCN1C(=CC=CC2N(CCC)c3ccc4ccccc4c3C2(C)C)C(C)(C)c2c1ccc1ccccc21. The Morgan fingerprint density at radius 1 is 0.700 bits per heavy atom. The van der Waals surface area contributed by atoms with Crippen molar-refractivity contribution in [3.05, 3.63) is 108 Å². The molecular formula is C38H44N2. The van der Waals surface area contributed by atoms with E-state index in [0.29, 0.717) is 6.04 Å². The Hall–Kier alpha value is -3.52. The average Bonchev–Trinajstić information content (AvgIpc) is 3.31. The molecule has 0 bridgehead atoms. The zero-order valence-corrected chi connectivity index (χ0v) is 25.2. The molecule has 2 heterocycles. The molecule has 0 radical (unpaired) electrons. The van der Waals surface area contributed by atoms with Crippen molar-refractivity contribution in [3.8, 4) is 0 Å². The first-order valence-corrected chi connectivity index (χ1v) is 15.3. The fourth-order valence-corrected chi connectivity index (χ4v) is 7.55. The summed E-state index contributed by atoms with van der Waals surface area (Å²) in [4.78, 5) is 5.25. The number of hydrogen-bond acceptors (Lipinski definition) is 2. The number of nitrogens with zero attached hydrogens (tertiary/aromatic N) is 2. The Balaban J connectivity index is 1.43. The molecule has 206 valence electrons. The van der Waals surface area contributed by atoms with E-state index in [4.69, 9.17) is 0 Å². The van der Waals surface area contributed by atoms with E-state index in [-0.39, 0.29) is 10.8 Å². The zero-order valence-electron chi connectivity index (χ0n) is 25.2. The van der Waals surface area contributed by atoms with Gasteiger partial charge in [0.05, 0.1) is 6.04 Å². The molecule has 4 aromatic rings. The third-order valence-corrected chi connectivity index (χ3v) is 9.44. The highest BCUT2D eigenvalue weighted by Gasteiger charge is 2.44. The van der Waals surface area contributed by atoms with Crippen LogP contribution in [0.5, 0.6) is 0 Å². The fourth-order valence-electron chi connectivity index (χ4n) is 7.55. The van der Waals surface area contributed by atoms with Crippen LogP contribution in [-0.2, 0) is 10.8 Å². The Kier molecular flexibility index (Phi) is 6.77. The maximum Gasteiger partial charge on any atom is 0.0568 e. The number of benzene rings is 4. The predicted molar refractivity (Wildman–Crippen MR) is 175 cm³/mol. The van der Waals surface area contributed by atoms with E-state index < -0.39 is 0 Å². The van der Waals surface area contributed by atoms with Crippen molar-refractivity contribution in [1.29, 1.82) is 0 Å². The number of anilines is 2. The van der Waals surface area contributed by atoms with Crippen LogP contribution in [0.25, 0.3) is 21.5 Å². The van der Waals surface area contributed by atoms with Crippen molar-refractivity contribution in [2.75, 3.05) is 22.9 Å². The third-order valence-electron chi connectivity index (χ3n) is 9.44. The fraction of sp³-hybridized carbons (Fsp3) is 0.368. The molecule has 0 saturated heterocycles. The molecule has 0 spiro atoms. The van der Waals surface area contributed by atoms with E-state index in [1.807, 2.05) is 0 Å². The van der Waals surface area contributed by atoms with Gasteiger partial charge >= 0.3 is 0 Å². The highest BCUT2D eigenvalue weighted by molar-refractivity contribution is 5.95. The summed E-state index contributed by atoms with van der Waals surface area (Å²) in [6.07, 6.45) is 10.8. The van der Waals surface area contributed by atoms with Crippen molar-refractivity contribution in [2.24, 2.45) is 0 Å². The lowest BCUT2D eigenvalue weighted by molar-refractivity contribution is 0.476. The highest BCUT2D eigenvalue weighted by Crippen LogP contribution is 2.52. The molecule has 0 N–H and O–H groups in total. The second-order valence-electron chi connectivity index (χ2n) is 12.8. The van der Waals surface area contributed by atoms with Crippen LogP contribution in [0.2, 0.25) is 0 Å². The standard InChI is InChI=1S/C38H44N2/c1-7-9-26-40-32-24-22-28-16-11-13-18-30(28)36(32)38(5,6)34(40)20-14-19-33-37(3,4)35-29-17-12-10-15-27(29)21-23-31(35)39(33)25-8-2/h10-24,33H,7-9,25-26H2,1-6H3. The monoisotopic (exact) mass is 528 g/mol. The van der Waals surface area contributed by atoms with Gasteiger partial charge in [-0.05, 0) is 63.7 Å². The molecule has 1 unspecified atom stereocenters. The minimum absolute atomic E-state index is 0.00658. The Morgan fingerprint density at radius 3 is 1.98 bits per heavy atom. The molecule has 2 heteroatoms. The van der Waals surface area contributed by atoms with Crippen LogP contribution in [0.1, 0.15) is 71.9 Å². The summed E-state index contributed by atoms with van der Waals surface area (Å²) in [7, 11) is 0. The zero-order chi connectivity index (χ0) is 28.1. The first kappa shape index (κ1) is 26.7. The van der Waals surface area contributed by atoms with Crippen molar-refractivity contribution in [2.45, 2.75) is 77.7 Å². The van der Waals surface area contributed by atoms with Crippen LogP contribution in [0, 0.1) is 0 Å². The Labute approximate surface area is 241 Å². The molecule has 2 aliphatic rings. The van der Waals surface area contributed by atoms with Crippen LogP contribution in [0.15, 0.2) is 96.7 Å². The van der Waals surface area contributed by atoms with Gasteiger partial charge in [-0.3, -0.25) is 0 Å². The van der Waals surface area contributed by atoms with E-state index in [1.54, 1.807) is 0 Å². The van der Waals surface area contributed by atoms with Crippen LogP contribution < -0.4 is 9.80 Å². The maximum absolute atomic E-state index is 2.65. The smallest absolute Gasteiger partial charge is 0.0568 e. The van der Waals surface area contributed by atoms with E-state index in [1.165, 1.54) is 62.6 Å². The molecule has 0 amide bonds. The van der Waals surface area contributed by atoms with Crippen molar-refractivity contribution >= 4 is 32.9 Å². The molecule has 2 nitrogen and oxygen atoms in total. The van der Waals surface area contributed by atoms with Gasteiger partial charge in [0, 0.05) is 41.0 Å². The number of allylic oxidation sites excluding steroid dienone is 3. The summed E-state index contributed by atoms with van der Waals surface area (Å²) >= 11 is 0. The molecule has 2 aliphatic heterocycles. The van der Waals surface area contributed by atoms with Gasteiger partial charge in [0.1, 0.15) is 0 Å². The van der Waals surface area contributed by atoms with Crippen LogP contribution in [0.3, 0.4) is 0 Å². The summed E-state index contributed by atoms with van der Waals surface area (Å²) in [5, 5.41) is 5.44. The number of fused-ring (bicyclic) bond motifs is 6. The summed E-state index contributed by atoms with van der Waals surface area (Å²) < 4.78 is 0. The first-order chi connectivity index (χ1) is 19.3. The van der Waals surface area contributed by atoms with Gasteiger partial charge in [-0.2, -0.15) is 0 Å². The van der Waals surface area contributed by atoms with Crippen LogP contribution >= 0.6 is 0 Å². The van der Waals surface area contributed by atoms with Crippen LogP contribution in [0.4, 0.5) is 11.4 Å². The van der Waals surface area contributed by atoms with Crippen LogP contribution in [-0.4, -0.2) is 19.1 Å². The van der Waals surface area contributed by atoms with E-state index in [0.717, 1.165) is 19.5 Å². The van der Waals surface area contributed by atoms with E-state index >= 15 is 0 Å². The minimum atomic E-state index is -0.0677. The highest BCUT2D eigenvalue weighted by atomic mass is 15.2. The Bertz CT molecular complexity index is 1620. The van der Waals surface area contributed by atoms with Crippen molar-refractivity contribution in [3.63, 3.8) is 0 Å². The lowest BCUT2D eigenvalue weighted by Gasteiger charge is -2.32. The van der Waals surface area contributed by atoms with Crippen molar-refractivity contribution < 1.29 is 0 Å². The third kappa shape index (κ3) is 4.07. The maximum atomic E-state index is 2.65. The molecule has 4 aromatic carbocycles. The Morgan fingerprint density at radius 2 is 1.32 bits per heavy atom. The normalized spacial score (nSPS) is 20.2. The number of hydrogen-bond donors (Lipinski definition) is 0. The quantitative estimate of drug-likeness (QED) is 0.235. The summed E-state index contributed by atoms with van der Waals surface area (Å²) in [5.74, 6) is 0. The predicted octanol–water partition coefficient (Wildman–Crippen LogP) is 9.91. The second kappa shape index (κ2) is 10.1. The second-order valence-corrected chi connectivity index (χ2v) is 12.8. The molecule has 0 aliphatic carbocycles. The summed E-state index contributed by atoms with van der Waals surface area (Å²) in [5.41, 5.74) is 7.08. The average molecular weight is 529 g/mol. The molecule has 0 aromatic heterocycles. The van der Waals surface area contributed by atoms with Crippen molar-refractivity contribution in [1.82, 2.24) is 0 Å². The number of unbranched alkanes of at least 4 members (excludes halogenated alkanes) is 1.